The van der Waals surface area contributed by atoms with Gasteiger partial charge in [0.1, 0.15) is 10.6 Å². The number of anilines is 1. The Kier molecular flexibility index (Phi) is 5.21. The largest absolute Gasteiger partial charge is 0.508 e. The molecule has 0 spiro atoms. The van der Waals surface area contributed by atoms with Crippen molar-refractivity contribution in [1.29, 1.82) is 0 Å². The van der Waals surface area contributed by atoms with Gasteiger partial charge in [0.2, 0.25) is 0 Å². The molecule has 0 radical (unpaired) electrons. The number of benzene rings is 2. The highest BCUT2D eigenvalue weighted by Gasteiger charge is 2.32. The van der Waals surface area contributed by atoms with Gasteiger partial charge in [-0.3, -0.25) is 8.99 Å². The molecule has 0 aliphatic carbocycles. The molecule has 0 saturated carbocycles. The maximum Gasteiger partial charge on any atom is 0.267 e. The summed E-state index contributed by atoms with van der Waals surface area (Å²) < 4.78 is 29.6. The number of phenols is 1. The summed E-state index contributed by atoms with van der Waals surface area (Å²) in [6.45, 7) is 6.33. The number of aromatic hydroxyl groups is 1. The molecule has 3 aromatic rings. The molecule has 1 heterocycles. The summed E-state index contributed by atoms with van der Waals surface area (Å²) in [4.78, 5) is 0.187. The molecule has 0 atom stereocenters. The quantitative estimate of drug-likeness (QED) is 0.709. The number of hydrogen-bond acceptors (Lipinski definition) is 4. The highest BCUT2D eigenvalue weighted by Crippen LogP contribution is 2.31. The standard InChI is InChI=1S/C21H25N3O3S/c1-21(2,3)20-19(15-24(22-20)14-16-8-6-5-7-9-16)28(26,27)23(4)17-10-12-18(25)13-11-17/h5-13,15,25H,14H2,1-4H3. The van der Waals surface area contributed by atoms with E-state index in [0.717, 1.165) is 5.56 Å². The lowest BCUT2D eigenvalue weighted by atomic mass is 9.92. The smallest absolute Gasteiger partial charge is 0.267 e. The zero-order chi connectivity index (χ0) is 20.5. The van der Waals surface area contributed by atoms with E-state index in [1.807, 2.05) is 51.1 Å². The van der Waals surface area contributed by atoms with Crippen LogP contribution in [-0.2, 0) is 22.0 Å². The predicted molar refractivity (Wildman–Crippen MR) is 110 cm³/mol. The molecule has 0 amide bonds. The van der Waals surface area contributed by atoms with Gasteiger partial charge in [0.05, 0.1) is 17.9 Å². The van der Waals surface area contributed by atoms with Gasteiger partial charge in [0.15, 0.2) is 0 Å². The topological polar surface area (TPSA) is 75.4 Å². The van der Waals surface area contributed by atoms with Crippen molar-refractivity contribution < 1.29 is 13.5 Å². The van der Waals surface area contributed by atoms with Crippen LogP contribution >= 0.6 is 0 Å². The van der Waals surface area contributed by atoms with Gasteiger partial charge < -0.3 is 5.11 Å². The maximum atomic E-state index is 13.4. The molecule has 0 fully saturated rings. The molecule has 3 rings (SSSR count). The first-order valence-electron chi connectivity index (χ1n) is 8.99. The molecule has 28 heavy (non-hydrogen) atoms. The van der Waals surface area contributed by atoms with Crippen LogP contribution in [-0.4, -0.2) is 30.4 Å². The van der Waals surface area contributed by atoms with E-state index in [4.69, 9.17) is 0 Å². The molecule has 0 bridgehead atoms. The summed E-state index contributed by atoms with van der Waals surface area (Å²) in [5, 5.41) is 14.1. The lowest BCUT2D eigenvalue weighted by molar-refractivity contribution is 0.475. The summed E-state index contributed by atoms with van der Waals surface area (Å²) >= 11 is 0. The molecular weight excluding hydrogens is 374 g/mol. The zero-order valence-corrected chi connectivity index (χ0v) is 17.3. The molecule has 0 aliphatic rings. The van der Waals surface area contributed by atoms with E-state index in [-0.39, 0.29) is 10.6 Å². The summed E-state index contributed by atoms with van der Waals surface area (Å²) in [6, 6.07) is 15.9. The third kappa shape index (κ3) is 4.04. The Hall–Kier alpha value is -2.80. The van der Waals surface area contributed by atoms with Crippen molar-refractivity contribution in [2.45, 2.75) is 37.6 Å². The van der Waals surface area contributed by atoms with Gasteiger partial charge >= 0.3 is 0 Å². The zero-order valence-electron chi connectivity index (χ0n) is 16.5. The minimum atomic E-state index is -3.82. The first kappa shape index (κ1) is 19.9. The first-order valence-corrected chi connectivity index (χ1v) is 10.4. The lowest BCUT2D eigenvalue weighted by Crippen LogP contribution is -2.28. The maximum absolute atomic E-state index is 13.4. The Balaban J connectivity index is 2.04. The average molecular weight is 400 g/mol. The molecule has 0 unspecified atom stereocenters. The third-order valence-electron chi connectivity index (χ3n) is 4.48. The van der Waals surface area contributed by atoms with Gasteiger partial charge in [-0.05, 0) is 29.8 Å². The van der Waals surface area contributed by atoms with Crippen LogP contribution < -0.4 is 4.31 Å². The SMILES string of the molecule is CN(c1ccc(O)cc1)S(=O)(=O)c1cn(Cc2ccccc2)nc1C(C)(C)C. The number of phenolic OH excluding ortho intramolecular Hbond substituents is 1. The molecule has 1 aromatic heterocycles. The molecule has 7 heteroatoms. The third-order valence-corrected chi connectivity index (χ3v) is 6.26. The number of sulfonamides is 1. The fraction of sp³-hybridized carbons (Fsp3) is 0.286. The van der Waals surface area contributed by atoms with Gasteiger partial charge in [-0.25, -0.2) is 8.42 Å². The van der Waals surface area contributed by atoms with E-state index in [9.17, 15) is 13.5 Å². The van der Waals surface area contributed by atoms with Crippen molar-refractivity contribution >= 4 is 15.7 Å². The van der Waals surface area contributed by atoms with Crippen molar-refractivity contribution in [2.24, 2.45) is 0 Å². The van der Waals surface area contributed by atoms with Crippen LogP contribution in [0.5, 0.6) is 5.75 Å². The van der Waals surface area contributed by atoms with Crippen LogP contribution in [0.4, 0.5) is 5.69 Å². The first-order chi connectivity index (χ1) is 13.1. The molecule has 6 nitrogen and oxygen atoms in total. The number of nitrogens with zero attached hydrogens (tertiary/aromatic N) is 3. The average Bonchev–Trinajstić information content (AvgIpc) is 3.08. The molecule has 1 N–H and O–H groups in total. The van der Waals surface area contributed by atoms with Crippen molar-refractivity contribution in [3.8, 4) is 5.75 Å². The number of aromatic nitrogens is 2. The van der Waals surface area contributed by atoms with E-state index < -0.39 is 15.4 Å². The molecule has 2 aromatic carbocycles. The van der Waals surface area contributed by atoms with Gasteiger partial charge in [-0.15, -0.1) is 0 Å². The van der Waals surface area contributed by atoms with Crippen LogP contribution in [0.25, 0.3) is 0 Å². The lowest BCUT2D eigenvalue weighted by Gasteiger charge is -2.22. The molecule has 0 aliphatic heterocycles. The highest BCUT2D eigenvalue weighted by atomic mass is 32.2. The Morgan fingerprint density at radius 3 is 2.21 bits per heavy atom. The van der Waals surface area contributed by atoms with Crippen LogP contribution in [0.15, 0.2) is 65.7 Å². The van der Waals surface area contributed by atoms with Gasteiger partial charge in [-0.1, -0.05) is 51.1 Å². The second-order valence-electron chi connectivity index (χ2n) is 7.76. The summed E-state index contributed by atoms with van der Waals surface area (Å²) in [6.07, 6.45) is 1.60. The van der Waals surface area contributed by atoms with Gasteiger partial charge in [0, 0.05) is 18.7 Å². The van der Waals surface area contributed by atoms with Crippen molar-refractivity contribution in [3.63, 3.8) is 0 Å². The van der Waals surface area contributed by atoms with E-state index in [1.54, 1.807) is 23.0 Å². The van der Waals surface area contributed by atoms with Gasteiger partial charge in [-0.2, -0.15) is 5.10 Å². The number of rotatable bonds is 5. The van der Waals surface area contributed by atoms with Gasteiger partial charge in [0.25, 0.3) is 10.0 Å². The van der Waals surface area contributed by atoms with E-state index in [2.05, 4.69) is 5.10 Å². The molecular formula is C21H25N3O3S. The van der Waals surface area contributed by atoms with Crippen LogP contribution in [0.1, 0.15) is 32.0 Å². The second-order valence-corrected chi connectivity index (χ2v) is 9.70. The fourth-order valence-electron chi connectivity index (χ4n) is 2.91. The monoisotopic (exact) mass is 399 g/mol. The number of hydrogen-bond donors (Lipinski definition) is 1. The Labute approximate surface area is 166 Å². The normalized spacial score (nSPS) is 12.1. The summed E-state index contributed by atoms with van der Waals surface area (Å²) in [5.41, 5.74) is 1.59. The van der Waals surface area contributed by atoms with Crippen LogP contribution in [0, 0.1) is 0 Å². The molecule has 0 saturated heterocycles. The minimum absolute atomic E-state index is 0.0839. The summed E-state index contributed by atoms with van der Waals surface area (Å²) in [5.74, 6) is 0.0839. The van der Waals surface area contributed by atoms with Crippen LogP contribution in [0.3, 0.4) is 0 Å². The van der Waals surface area contributed by atoms with Crippen molar-refractivity contribution in [2.75, 3.05) is 11.4 Å². The van der Waals surface area contributed by atoms with Crippen molar-refractivity contribution in [1.82, 2.24) is 9.78 Å². The Morgan fingerprint density at radius 1 is 1.04 bits per heavy atom. The predicted octanol–water partition coefficient (Wildman–Crippen LogP) is 3.76. The Bertz CT molecular complexity index is 1050. The van der Waals surface area contributed by atoms with Crippen molar-refractivity contribution in [3.05, 3.63) is 72.1 Å². The van der Waals surface area contributed by atoms with E-state index >= 15 is 0 Å². The second kappa shape index (κ2) is 7.31. The molecule has 148 valence electrons. The van der Waals surface area contributed by atoms with E-state index in [0.29, 0.717) is 17.9 Å². The fourth-order valence-corrected chi connectivity index (χ4v) is 4.45. The van der Waals surface area contributed by atoms with E-state index in [1.165, 1.54) is 23.5 Å². The minimum Gasteiger partial charge on any atom is -0.508 e. The van der Waals surface area contributed by atoms with Crippen LogP contribution in [0.2, 0.25) is 0 Å². The highest BCUT2D eigenvalue weighted by molar-refractivity contribution is 7.92. The Morgan fingerprint density at radius 2 is 1.64 bits per heavy atom. The summed E-state index contributed by atoms with van der Waals surface area (Å²) in [7, 11) is -2.32.